The zero-order valence-electron chi connectivity index (χ0n) is 9.41. The van der Waals surface area contributed by atoms with Crippen molar-refractivity contribution in [3.63, 3.8) is 0 Å². The Hall–Kier alpha value is -1.35. The van der Waals surface area contributed by atoms with E-state index in [4.69, 9.17) is 5.73 Å². The number of hydrogen-bond donors (Lipinski definition) is 2. The zero-order chi connectivity index (χ0) is 11.4. The maximum absolute atomic E-state index is 11.8. The van der Waals surface area contributed by atoms with Gasteiger partial charge in [-0.3, -0.25) is 4.79 Å². The molecule has 1 amide bonds. The molecule has 3 heteroatoms. The minimum atomic E-state index is 0.121. The van der Waals surface area contributed by atoms with Crippen LogP contribution in [0.4, 0.5) is 0 Å². The number of hydrogen-bond acceptors (Lipinski definition) is 2. The molecule has 0 aromatic heterocycles. The summed E-state index contributed by atoms with van der Waals surface area (Å²) in [5, 5.41) is 2.94. The molecule has 0 fully saturated rings. The molecule has 0 atom stereocenters. The summed E-state index contributed by atoms with van der Waals surface area (Å²) in [4.78, 5) is 11.8. The van der Waals surface area contributed by atoms with Gasteiger partial charge in [-0.2, -0.15) is 0 Å². The van der Waals surface area contributed by atoms with Crippen LogP contribution >= 0.6 is 0 Å². The van der Waals surface area contributed by atoms with Crippen LogP contribution in [0.3, 0.4) is 0 Å². The Kier molecular flexibility index (Phi) is 3.57. The van der Waals surface area contributed by atoms with E-state index in [0.717, 1.165) is 19.3 Å². The van der Waals surface area contributed by atoms with Gasteiger partial charge in [-0.05, 0) is 36.9 Å². The first kappa shape index (κ1) is 11.1. The van der Waals surface area contributed by atoms with Crippen molar-refractivity contribution < 1.29 is 4.79 Å². The van der Waals surface area contributed by atoms with Crippen molar-refractivity contribution in [3.8, 4) is 0 Å². The predicted octanol–water partition coefficient (Wildman–Crippen LogP) is 0.866. The summed E-state index contributed by atoms with van der Waals surface area (Å²) in [7, 11) is 0. The summed E-state index contributed by atoms with van der Waals surface area (Å²) in [6.07, 6.45) is 2.61. The molecule has 0 saturated heterocycles. The number of carbonyl (C=O) groups excluding carboxylic acids is 1. The zero-order valence-corrected chi connectivity index (χ0v) is 9.41. The first-order chi connectivity index (χ1) is 7.81. The van der Waals surface area contributed by atoms with Gasteiger partial charge in [0.2, 0.25) is 5.91 Å². The van der Waals surface area contributed by atoms with E-state index in [2.05, 4.69) is 17.4 Å². The first-order valence-corrected chi connectivity index (χ1v) is 5.86. The molecule has 1 aliphatic rings. The van der Waals surface area contributed by atoms with Crippen LogP contribution in [0.1, 0.15) is 17.5 Å². The fourth-order valence-electron chi connectivity index (χ4n) is 2.20. The second-order valence-corrected chi connectivity index (χ2v) is 4.31. The number of rotatable bonds is 4. The van der Waals surface area contributed by atoms with E-state index < -0.39 is 0 Å². The molecule has 3 N–H and O–H groups in total. The van der Waals surface area contributed by atoms with Crippen molar-refractivity contribution in [2.75, 3.05) is 13.1 Å². The largest absolute Gasteiger partial charge is 0.356 e. The third-order valence-electron chi connectivity index (χ3n) is 3.10. The van der Waals surface area contributed by atoms with Crippen LogP contribution in [0.15, 0.2) is 24.3 Å². The molecule has 0 heterocycles. The van der Waals surface area contributed by atoms with Crippen molar-refractivity contribution >= 4 is 5.91 Å². The highest BCUT2D eigenvalue weighted by Gasteiger charge is 2.26. The van der Waals surface area contributed by atoms with Gasteiger partial charge >= 0.3 is 0 Å². The third kappa shape index (κ3) is 2.42. The number of nitrogens with two attached hydrogens (primary N) is 1. The van der Waals surface area contributed by atoms with E-state index >= 15 is 0 Å². The quantitative estimate of drug-likeness (QED) is 0.737. The Balaban J connectivity index is 1.88. The molecule has 2 rings (SSSR count). The number of amides is 1. The Morgan fingerprint density at radius 3 is 2.50 bits per heavy atom. The smallest absolute Gasteiger partial charge is 0.223 e. The van der Waals surface area contributed by atoms with Crippen molar-refractivity contribution in [2.24, 2.45) is 11.7 Å². The van der Waals surface area contributed by atoms with E-state index in [1.54, 1.807) is 0 Å². The summed E-state index contributed by atoms with van der Waals surface area (Å²) in [6.45, 7) is 1.33. The molecule has 0 saturated carbocycles. The van der Waals surface area contributed by atoms with Crippen LogP contribution in [0.25, 0.3) is 0 Å². The van der Waals surface area contributed by atoms with Gasteiger partial charge in [0.25, 0.3) is 0 Å². The summed E-state index contributed by atoms with van der Waals surface area (Å²) < 4.78 is 0. The third-order valence-corrected chi connectivity index (χ3v) is 3.10. The summed E-state index contributed by atoms with van der Waals surface area (Å²) in [6, 6.07) is 8.30. The fraction of sp³-hybridized carbons (Fsp3) is 0.462. The van der Waals surface area contributed by atoms with Crippen molar-refractivity contribution in [1.29, 1.82) is 0 Å². The molecule has 0 spiro atoms. The van der Waals surface area contributed by atoms with Crippen LogP contribution in [0.5, 0.6) is 0 Å². The maximum Gasteiger partial charge on any atom is 0.223 e. The second kappa shape index (κ2) is 5.12. The minimum absolute atomic E-state index is 0.121. The molecule has 0 aliphatic heterocycles. The number of carbonyl (C=O) groups is 1. The average molecular weight is 218 g/mol. The molecule has 3 nitrogen and oxygen atoms in total. The maximum atomic E-state index is 11.8. The van der Waals surface area contributed by atoms with E-state index in [1.807, 2.05) is 12.1 Å². The molecule has 1 aromatic rings. The van der Waals surface area contributed by atoms with Crippen molar-refractivity contribution in [3.05, 3.63) is 35.4 Å². The minimum Gasteiger partial charge on any atom is -0.356 e. The van der Waals surface area contributed by atoms with Gasteiger partial charge in [-0.25, -0.2) is 0 Å². The van der Waals surface area contributed by atoms with Gasteiger partial charge in [0.1, 0.15) is 0 Å². The molecule has 86 valence electrons. The second-order valence-electron chi connectivity index (χ2n) is 4.31. The Morgan fingerprint density at radius 1 is 1.31 bits per heavy atom. The normalized spacial score (nSPS) is 14.8. The lowest BCUT2D eigenvalue weighted by Gasteiger charge is -2.09. The van der Waals surface area contributed by atoms with Gasteiger partial charge in [0.15, 0.2) is 0 Å². The van der Waals surface area contributed by atoms with Gasteiger partial charge in [-0.15, -0.1) is 0 Å². The molecule has 0 radical (unpaired) electrons. The van der Waals surface area contributed by atoms with Crippen LogP contribution in [-0.4, -0.2) is 19.0 Å². The predicted molar refractivity (Wildman–Crippen MR) is 64.0 cm³/mol. The number of nitrogens with one attached hydrogen (secondary N) is 1. The summed E-state index contributed by atoms with van der Waals surface area (Å²) >= 11 is 0. The highest BCUT2D eigenvalue weighted by atomic mass is 16.1. The molecule has 0 unspecified atom stereocenters. The van der Waals surface area contributed by atoms with Gasteiger partial charge in [0, 0.05) is 12.5 Å². The van der Waals surface area contributed by atoms with Crippen LogP contribution in [0, 0.1) is 5.92 Å². The summed E-state index contributed by atoms with van der Waals surface area (Å²) in [5.74, 6) is 0.292. The number of benzene rings is 1. The molecule has 1 aliphatic carbocycles. The molecular weight excluding hydrogens is 200 g/mol. The summed E-state index contributed by atoms with van der Waals surface area (Å²) in [5.41, 5.74) is 8.03. The molecule has 16 heavy (non-hydrogen) atoms. The lowest BCUT2D eigenvalue weighted by molar-refractivity contribution is -0.124. The van der Waals surface area contributed by atoms with Crippen LogP contribution in [0.2, 0.25) is 0 Å². The van der Waals surface area contributed by atoms with Crippen molar-refractivity contribution in [1.82, 2.24) is 5.32 Å². The van der Waals surface area contributed by atoms with Crippen LogP contribution in [-0.2, 0) is 17.6 Å². The van der Waals surface area contributed by atoms with E-state index in [0.29, 0.717) is 13.1 Å². The van der Waals surface area contributed by atoms with Crippen LogP contribution < -0.4 is 11.1 Å². The van der Waals surface area contributed by atoms with E-state index in [1.165, 1.54) is 11.1 Å². The Bertz CT molecular complexity index is 351. The van der Waals surface area contributed by atoms with Crippen molar-refractivity contribution in [2.45, 2.75) is 19.3 Å². The topological polar surface area (TPSA) is 55.1 Å². The van der Waals surface area contributed by atoms with E-state index in [9.17, 15) is 4.79 Å². The average Bonchev–Trinajstić information content (AvgIpc) is 2.73. The number of fused-ring (bicyclic) bond motifs is 1. The Labute approximate surface area is 96.0 Å². The van der Waals surface area contributed by atoms with Gasteiger partial charge in [-0.1, -0.05) is 24.3 Å². The van der Waals surface area contributed by atoms with Gasteiger partial charge < -0.3 is 11.1 Å². The Morgan fingerprint density at radius 2 is 1.94 bits per heavy atom. The molecular formula is C13H18N2O. The monoisotopic (exact) mass is 218 g/mol. The fourth-order valence-corrected chi connectivity index (χ4v) is 2.20. The highest BCUT2D eigenvalue weighted by molar-refractivity contribution is 5.80. The molecule has 1 aromatic carbocycles. The standard InChI is InChI=1S/C13H18N2O/c14-6-3-7-15-13(16)12-8-10-4-1-2-5-11(10)9-12/h1-2,4-5,12H,3,6-9,14H2,(H,15,16). The highest BCUT2D eigenvalue weighted by Crippen LogP contribution is 2.26. The first-order valence-electron chi connectivity index (χ1n) is 5.86. The molecule has 0 bridgehead atoms. The lowest BCUT2D eigenvalue weighted by atomic mass is 10.1. The van der Waals surface area contributed by atoms with E-state index in [-0.39, 0.29) is 11.8 Å². The SMILES string of the molecule is NCCCNC(=O)C1Cc2ccccc2C1. The van der Waals surface area contributed by atoms with Gasteiger partial charge in [0.05, 0.1) is 0 Å². The lowest BCUT2D eigenvalue weighted by Crippen LogP contribution is -2.32.